The number of hydrogen-bond donors (Lipinski definition) is 0. The van der Waals surface area contributed by atoms with E-state index in [9.17, 15) is 0 Å². The van der Waals surface area contributed by atoms with E-state index >= 15 is 0 Å². The summed E-state index contributed by atoms with van der Waals surface area (Å²) in [6.45, 7) is 0. The van der Waals surface area contributed by atoms with Gasteiger partial charge in [-0.05, 0) is 149 Å². The second kappa shape index (κ2) is 19.1. The maximum Gasteiger partial charge on any atom is 0.0546 e. The summed E-state index contributed by atoms with van der Waals surface area (Å²) >= 11 is 0. The van der Waals surface area contributed by atoms with Gasteiger partial charge >= 0.3 is 0 Å². The molecular formula is C74H50N2. The molecule has 0 aliphatic heterocycles. The molecule has 0 spiro atoms. The predicted octanol–water partition coefficient (Wildman–Crippen LogP) is 21.1. The Morgan fingerprint density at radius 3 is 0.947 bits per heavy atom. The van der Waals surface area contributed by atoms with Crippen molar-refractivity contribution in [1.29, 1.82) is 0 Å². The van der Waals surface area contributed by atoms with Gasteiger partial charge in [-0.25, -0.2) is 0 Å². The van der Waals surface area contributed by atoms with Gasteiger partial charge in [0.15, 0.2) is 0 Å². The van der Waals surface area contributed by atoms with Crippen molar-refractivity contribution < 1.29 is 0 Å². The molecule has 14 aromatic carbocycles. The van der Waals surface area contributed by atoms with Gasteiger partial charge in [0.25, 0.3) is 0 Å². The molecule has 0 aliphatic rings. The van der Waals surface area contributed by atoms with Crippen LogP contribution >= 0.6 is 0 Å². The van der Waals surface area contributed by atoms with Crippen LogP contribution in [0.15, 0.2) is 303 Å². The minimum absolute atomic E-state index is 1.07. The molecule has 0 amide bonds. The van der Waals surface area contributed by atoms with Crippen molar-refractivity contribution in [2.24, 2.45) is 0 Å². The van der Waals surface area contributed by atoms with E-state index in [0.717, 1.165) is 67.2 Å². The van der Waals surface area contributed by atoms with E-state index in [0.29, 0.717) is 0 Å². The van der Waals surface area contributed by atoms with Crippen LogP contribution in [0, 0.1) is 0 Å². The summed E-state index contributed by atoms with van der Waals surface area (Å²) in [5.74, 6) is 0. The van der Waals surface area contributed by atoms with Crippen LogP contribution in [0.5, 0.6) is 0 Å². The summed E-state index contributed by atoms with van der Waals surface area (Å²) in [5.41, 5.74) is 15.8. The number of rotatable bonds is 10. The summed E-state index contributed by atoms with van der Waals surface area (Å²) in [5, 5.41) is 12.0. The molecule has 356 valence electrons. The first-order valence-corrected chi connectivity index (χ1v) is 26.1. The maximum atomic E-state index is 2.48. The average Bonchev–Trinajstić information content (AvgIpc) is 3.55. The first kappa shape index (κ1) is 44.7. The average molecular weight is 967 g/mol. The Hall–Kier alpha value is -10.0. The van der Waals surface area contributed by atoms with Gasteiger partial charge < -0.3 is 9.80 Å². The zero-order valence-corrected chi connectivity index (χ0v) is 41.8. The van der Waals surface area contributed by atoms with Crippen LogP contribution in [0.25, 0.3) is 98.4 Å². The van der Waals surface area contributed by atoms with Crippen molar-refractivity contribution in [3.8, 4) is 44.5 Å². The lowest BCUT2D eigenvalue weighted by molar-refractivity contribution is 1.29. The zero-order chi connectivity index (χ0) is 50.4. The van der Waals surface area contributed by atoms with Gasteiger partial charge in [0, 0.05) is 33.3 Å². The van der Waals surface area contributed by atoms with E-state index in [1.807, 2.05) is 0 Å². The number of anilines is 6. The molecule has 0 N–H and O–H groups in total. The summed E-state index contributed by atoms with van der Waals surface area (Å²) in [6.07, 6.45) is 0. The highest BCUT2D eigenvalue weighted by molar-refractivity contribution is 6.08. The normalized spacial score (nSPS) is 11.4. The molecule has 14 aromatic rings. The number of benzene rings is 14. The van der Waals surface area contributed by atoms with Gasteiger partial charge in [-0.3, -0.25) is 0 Å². The molecule has 0 radical (unpaired) electrons. The molecule has 0 aliphatic carbocycles. The number of nitrogens with zero attached hydrogens (tertiary/aromatic N) is 2. The Morgan fingerprint density at radius 1 is 0.171 bits per heavy atom. The first-order valence-electron chi connectivity index (χ1n) is 26.1. The summed E-state index contributed by atoms with van der Waals surface area (Å²) in [6, 6.07) is 111. The standard InChI is InChI=1S/C74H50N2/c1-3-19-57(20-4-1)69-47-63-48-70(58-21-5-2-6-22-58)74(76(72-32-16-28-56-24-12-14-30-68(56)72)66-43-39-54(40-44-66)62-36-34-52-18-8-10-26-60(52)46-62)50-64(63)49-73(69)75(71-31-15-27-55-23-11-13-29-67(55)71)65-41-37-53(38-42-65)61-35-33-51-17-7-9-25-59(51)45-61/h1-50H. The van der Waals surface area contributed by atoms with Gasteiger partial charge in [0.1, 0.15) is 0 Å². The summed E-state index contributed by atoms with van der Waals surface area (Å²) in [7, 11) is 0. The molecule has 0 saturated heterocycles. The van der Waals surface area contributed by atoms with Gasteiger partial charge in [-0.2, -0.15) is 0 Å². The first-order chi connectivity index (χ1) is 37.7. The zero-order valence-electron chi connectivity index (χ0n) is 41.8. The molecule has 0 fully saturated rings. The fourth-order valence-electron chi connectivity index (χ4n) is 11.4. The third-order valence-electron chi connectivity index (χ3n) is 15.2. The Morgan fingerprint density at radius 2 is 0.513 bits per heavy atom. The molecule has 0 unspecified atom stereocenters. The van der Waals surface area contributed by atoms with Gasteiger partial charge in [0.2, 0.25) is 0 Å². The fourth-order valence-corrected chi connectivity index (χ4v) is 11.4. The van der Waals surface area contributed by atoms with E-state index in [2.05, 4.69) is 313 Å². The highest BCUT2D eigenvalue weighted by Crippen LogP contribution is 2.50. The van der Waals surface area contributed by atoms with Crippen LogP contribution in [-0.4, -0.2) is 0 Å². The van der Waals surface area contributed by atoms with E-state index in [-0.39, 0.29) is 0 Å². The molecule has 0 bridgehead atoms. The SMILES string of the molecule is c1ccc(-c2cc3cc(-c4ccccc4)c(N(c4ccc(-c5ccc6ccccc6c5)cc4)c4cccc5ccccc45)cc3cc2N(c2ccc(-c3ccc4ccccc4c3)cc2)c2cccc3ccccc23)cc1. The van der Waals surface area contributed by atoms with Crippen LogP contribution < -0.4 is 9.80 Å². The van der Waals surface area contributed by atoms with Crippen molar-refractivity contribution in [3.05, 3.63) is 303 Å². The molecule has 76 heavy (non-hydrogen) atoms. The largest absolute Gasteiger partial charge is 0.309 e. The van der Waals surface area contributed by atoms with Crippen LogP contribution in [0.4, 0.5) is 34.1 Å². The third-order valence-corrected chi connectivity index (χ3v) is 15.2. The number of hydrogen-bond acceptors (Lipinski definition) is 2. The van der Waals surface area contributed by atoms with Crippen molar-refractivity contribution in [3.63, 3.8) is 0 Å². The summed E-state index contributed by atoms with van der Waals surface area (Å²) < 4.78 is 0. The molecule has 2 nitrogen and oxygen atoms in total. The Bertz CT molecular complexity index is 4150. The highest BCUT2D eigenvalue weighted by atomic mass is 15.2. The summed E-state index contributed by atoms with van der Waals surface area (Å²) in [4.78, 5) is 4.96. The lowest BCUT2D eigenvalue weighted by atomic mass is 9.92. The monoisotopic (exact) mass is 966 g/mol. The van der Waals surface area contributed by atoms with E-state index in [4.69, 9.17) is 0 Å². The van der Waals surface area contributed by atoms with Crippen molar-refractivity contribution in [2.75, 3.05) is 9.80 Å². The highest BCUT2D eigenvalue weighted by Gasteiger charge is 2.24. The topological polar surface area (TPSA) is 6.48 Å². The maximum absolute atomic E-state index is 2.48. The van der Waals surface area contributed by atoms with E-state index < -0.39 is 0 Å². The molecule has 0 heterocycles. The second-order valence-electron chi connectivity index (χ2n) is 19.7. The van der Waals surface area contributed by atoms with Gasteiger partial charge in [-0.15, -0.1) is 0 Å². The molecule has 14 rings (SSSR count). The van der Waals surface area contributed by atoms with E-state index in [1.165, 1.54) is 65.3 Å². The predicted molar refractivity (Wildman–Crippen MR) is 325 cm³/mol. The van der Waals surface area contributed by atoms with Crippen molar-refractivity contribution in [2.45, 2.75) is 0 Å². The Labute approximate surface area is 443 Å². The Kier molecular flexibility index (Phi) is 11.2. The molecule has 0 saturated carbocycles. The Balaban J connectivity index is 1.01. The van der Waals surface area contributed by atoms with Crippen LogP contribution in [-0.2, 0) is 0 Å². The van der Waals surface area contributed by atoms with Crippen LogP contribution in [0.2, 0.25) is 0 Å². The van der Waals surface area contributed by atoms with Gasteiger partial charge in [0.05, 0.1) is 22.7 Å². The van der Waals surface area contributed by atoms with E-state index in [1.54, 1.807) is 0 Å². The molecule has 0 atom stereocenters. The quantitative estimate of drug-likeness (QED) is 0.135. The molecule has 2 heteroatoms. The van der Waals surface area contributed by atoms with Crippen molar-refractivity contribution >= 4 is 88.0 Å². The lowest BCUT2D eigenvalue weighted by Gasteiger charge is -2.31. The minimum atomic E-state index is 1.07. The lowest BCUT2D eigenvalue weighted by Crippen LogP contribution is -2.13. The van der Waals surface area contributed by atoms with Crippen molar-refractivity contribution in [1.82, 2.24) is 0 Å². The number of fused-ring (bicyclic) bond motifs is 5. The fraction of sp³-hybridized carbons (Fsp3) is 0. The van der Waals surface area contributed by atoms with Crippen LogP contribution in [0.3, 0.4) is 0 Å². The molecular weight excluding hydrogens is 917 g/mol. The molecule has 0 aromatic heterocycles. The smallest absolute Gasteiger partial charge is 0.0546 e. The van der Waals surface area contributed by atoms with Crippen LogP contribution in [0.1, 0.15) is 0 Å². The van der Waals surface area contributed by atoms with Gasteiger partial charge in [-0.1, -0.05) is 231 Å². The third kappa shape index (κ3) is 8.19. The minimum Gasteiger partial charge on any atom is -0.309 e. The second-order valence-corrected chi connectivity index (χ2v) is 19.7.